The first-order valence-electron chi connectivity index (χ1n) is 6.73. The molecule has 1 aromatic heterocycles. The van der Waals surface area contributed by atoms with Gasteiger partial charge in [0.1, 0.15) is 12.0 Å². The molecule has 0 spiro atoms. The molecule has 5 heteroatoms. The number of nitrogens with zero attached hydrogens (tertiary/aromatic N) is 2. The molecule has 1 atom stereocenters. The molecule has 0 saturated carbocycles. The van der Waals surface area contributed by atoms with Crippen LogP contribution in [0.15, 0.2) is 61.3 Å². The minimum absolute atomic E-state index is 0.0112. The Labute approximate surface area is 123 Å². The highest BCUT2D eigenvalue weighted by molar-refractivity contribution is 5.42. The van der Waals surface area contributed by atoms with E-state index in [1.54, 1.807) is 6.07 Å². The van der Waals surface area contributed by atoms with Gasteiger partial charge in [-0.25, -0.2) is 4.98 Å². The fraction of sp³-hybridized carbons (Fsp3) is 0.188. The lowest BCUT2D eigenvalue weighted by Gasteiger charge is -2.19. The molecular formula is C16H17N3O2. The summed E-state index contributed by atoms with van der Waals surface area (Å²) in [4.78, 5) is 14.3. The fourth-order valence-corrected chi connectivity index (χ4v) is 2.05. The number of benzene rings is 1. The molecule has 108 valence electrons. The van der Waals surface area contributed by atoms with E-state index in [1.807, 2.05) is 36.4 Å². The van der Waals surface area contributed by atoms with Crippen molar-refractivity contribution in [3.8, 4) is 0 Å². The number of pyridine rings is 1. The first-order valence-corrected chi connectivity index (χ1v) is 6.73. The fourth-order valence-electron chi connectivity index (χ4n) is 2.05. The van der Waals surface area contributed by atoms with Crippen LogP contribution in [0.25, 0.3) is 0 Å². The highest BCUT2D eigenvalue weighted by atomic mass is 16.6. The Balaban J connectivity index is 2.14. The number of hydrogen-bond acceptors (Lipinski definition) is 4. The molecule has 21 heavy (non-hydrogen) atoms. The molecule has 0 aliphatic rings. The lowest BCUT2D eigenvalue weighted by molar-refractivity contribution is -0.385. The van der Waals surface area contributed by atoms with Gasteiger partial charge in [-0.2, -0.15) is 0 Å². The van der Waals surface area contributed by atoms with E-state index in [1.165, 1.54) is 12.3 Å². The molecule has 0 amide bonds. The van der Waals surface area contributed by atoms with Gasteiger partial charge in [0.05, 0.1) is 11.0 Å². The third-order valence-corrected chi connectivity index (χ3v) is 3.14. The number of hydrogen-bond donors (Lipinski definition) is 1. The van der Waals surface area contributed by atoms with E-state index in [2.05, 4.69) is 16.9 Å². The monoisotopic (exact) mass is 283 g/mol. The van der Waals surface area contributed by atoms with Gasteiger partial charge in [0.25, 0.3) is 5.69 Å². The third kappa shape index (κ3) is 4.14. The van der Waals surface area contributed by atoms with Crippen molar-refractivity contribution in [3.05, 3.63) is 77.0 Å². The number of allylic oxidation sites excluding steroid dienone is 1. The molecule has 0 aliphatic carbocycles. The summed E-state index contributed by atoms with van der Waals surface area (Å²) in [5.74, 6) is 0.624. The second kappa shape index (κ2) is 7.19. The van der Waals surface area contributed by atoms with E-state index in [-0.39, 0.29) is 11.7 Å². The van der Waals surface area contributed by atoms with Gasteiger partial charge in [-0.1, -0.05) is 36.4 Å². The molecule has 2 rings (SSSR count). The number of aromatic nitrogens is 1. The summed E-state index contributed by atoms with van der Waals surface area (Å²) < 4.78 is 0. The number of anilines is 1. The average Bonchev–Trinajstić information content (AvgIpc) is 2.52. The van der Waals surface area contributed by atoms with Crippen LogP contribution in [0.2, 0.25) is 0 Å². The zero-order valence-corrected chi connectivity index (χ0v) is 11.6. The van der Waals surface area contributed by atoms with Crippen LogP contribution in [0.3, 0.4) is 0 Å². The van der Waals surface area contributed by atoms with Crippen molar-refractivity contribution in [3.63, 3.8) is 0 Å². The maximum Gasteiger partial charge on any atom is 0.287 e. The van der Waals surface area contributed by atoms with Crippen molar-refractivity contribution < 1.29 is 4.92 Å². The molecule has 1 heterocycles. The van der Waals surface area contributed by atoms with Crippen molar-refractivity contribution in [1.29, 1.82) is 0 Å². The number of rotatable bonds is 7. The second-order valence-corrected chi connectivity index (χ2v) is 4.63. The number of nitro groups is 1. The zero-order valence-electron chi connectivity index (χ0n) is 11.6. The Morgan fingerprint density at radius 2 is 2.05 bits per heavy atom. The summed E-state index contributed by atoms with van der Waals surface area (Å²) in [7, 11) is 0. The van der Waals surface area contributed by atoms with Crippen LogP contribution in [-0.2, 0) is 0 Å². The van der Waals surface area contributed by atoms with Gasteiger partial charge in [-0.3, -0.25) is 10.1 Å². The van der Waals surface area contributed by atoms with E-state index in [0.29, 0.717) is 5.82 Å². The smallest absolute Gasteiger partial charge is 0.287 e. The van der Waals surface area contributed by atoms with E-state index >= 15 is 0 Å². The quantitative estimate of drug-likeness (QED) is 0.471. The molecule has 0 saturated heterocycles. The lowest BCUT2D eigenvalue weighted by atomic mass is 10.0. The molecule has 1 N–H and O–H groups in total. The van der Waals surface area contributed by atoms with Crippen LogP contribution in [0.1, 0.15) is 24.4 Å². The van der Waals surface area contributed by atoms with Crippen LogP contribution in [0.5, 0.6) is 0 Å². The van der Waals surface area contributed by atoms with Crippen LogP contribution in [0, 0.1) is 10.1 Å². The van der Waals surface area contributed by atoms with Gasteiger partial charge in [-0.15, -0.1) is 6.58 Å². The molecule has 1 aromatic carbocycles. The van der Waals surface area contributed by atoms with E-state index in [9.17, 15) is 10.1 Å². The third-order valence-electron chi connectivity index (χ3n) is 3.14. The van der Waals surface area contributed by atoms with Crippen LogP contribution in [0.4, 0.5) is 11.5 Å². The average molecular weight is 283 g/mol. The Morgan fingerprint density at radius 3 is 2.62 bits per heavy atom. The lowest BCUT2D eigenvalue weighted by Crippen LogP contribution is -2.11. The Morgan fingerprint density at radius 1 is 1.29 bits per heavy atom. The summed E-state index contributed by atoms with van der Waals surface area (Å²) in [5.41, 5.74) is 1.14. The summed E-state index contributed by atoms with van der Waals surface area (Å²) in [6.45, 7) is 3.75. The summed E-state index contributed by atoms with van der Waals surface area (Å²) in [5, 5.41) is 13.9. The van der Waals surface area contributed by atoms with Crippen molar-refractivity contribution in [2.75, 3.05) is 5.32 Å². The standard InChI is InChI=1S/C16H17N3O2/c1-2-3-9-15(13-7-5-4-6-8-13)18-16-11-10-14(12-17-16)19(20)21/h2,4-8,10-12,15H,1,3,9H2,(H,17,18). The molecule has 0 aliphatic heterocycles. The minimum Gasteiger partial charge on any atom is -0.363 e. The van der Waals surface area contributed by atoms with Gasteiger partial charge >= 0.3 is 0 Å². The molecule has 0 fully saturated rings. The van der Waals surface area contributed by atoms with Crippen LogP contribution < -0.4 is 5.32 Å². The first kappa shape index (κ1) is 14.7. The predicted octanol–water partition coefficient (Wildman–Crippen LogP) is 4.11. The van der Waals surface area contributed by atoms with E-state index in [0.717, 1.165) is 18.4 Å². The Hall–Kier alpha value is -2.69. The molecule has 0 radical (unpaired) electrons. The van der Waals surface area contributed by atoms with Gasteiger partial charge < -0.3 is 5.32 Å². The van der Waals surface area contributed by atoms with E-state index in [4.69, 9.17) is 0 Å². The van der Waals surface area contributed by atoms with Gasteiger partial charge in [-0.05, 0) is 24.5 Å². The van der Waals surface area contributed by atoms with Crippen molar-refractivity contribution in [2.45, 2.75) is 18.9 Å². The summed E-state index contributed by atoms with van der Waals surface area (Å²) in [6.07, 6.45) is 4.89. The Kier molecular flexibility index (Phi) is 5.04. The van der Waals surface area contributed by atoms with Gasteiger partial charge in [0, 0.05) is 6.07 Å². The van der Waals surface area contributed by atoms with Gasteiger partial charge in [0.2, 0.25) is 0 Å². The maximum absolute atomic E-state index is 10.6. The van der Waals surface area contributed by atoms with Crippen molar-refractivity contribution >= 4 is 11.5 Å². The topological polar surface area (TPSA) is 68.1 Å². The van der Waals surface area contributed by atoms with Crippen molar-refractivity contribution in [1.82, 2.24) is 4.98 Å². The largest absolute Gasteiger partial charge is 0.363 e. The van der Waals surface area contributed by atoms with Crippen LogP contribution in [-0.4, -0.2) is 9.91 Å². The maximum atomic E-state index is 10.6. The minimum atomic E-state index is -0.455. The first-order chi connectivity index (χ1) is 10.2. The zero-order chi connectivity index (χ0) is 15.1. The normalized spacial score (nSPS) is 11.6. The predicted molar refractivity (Wildman–Crippen MR) is 83.1 cm³/mol. The van der Waals surface area contributed by atoms with Gasteiger partial charge in [0.15, 0.2) is 0 Å². The highest BCUT2D eigenvalue weighted by Crippen LogP contribution is 2.23. The molecule has 0 bridgehead atoms. The SMILES string of the molecule is C=CCCC(Nc1ccc([N+](=O)[O-])cn1)c1ccccc1. The molecule has 5 nitrogen and oxygen atoms in total. The summed E-state index contributed by atoms with van der Waals surface area (Å²) in [6, 6.07) is 13.2. The second-order valence-electron chi connectivity index (χ2n) is 4.63. The highest BCUT2D eigenvalue weighted by Gasteiger charge is 2.12. The Bertz CT molecular complexity index is 597. The van der Waals surface area contributed by atoms with Crippen LogP contribution >= 0.6 is 0 Å². The van der Waals surface area contributed by atoms with Crippen molar-refractivity contribution in [2.24, 2.45) is 0 Å². The summed E-state index contributed by atoms with van der Waals surface area (Å²) >= 11 is 0. The number of nitrogens with one attached hydrogen (secondary N) is 1. The molecular weight excluding hydrogens is 266 g/mol. The van der Waals surface area contributed by atoms with E-state index < -0.39 is 4.92 Å². The molecule has 1 unspecified atom stereocenters. The molecule has 2 aromatic rings.